The first-order chi connectivity index (χ1) is 9.24. The van der Waals surface area contributed by atoms with Gasteiger partial charge in [0.05, 0.1) is 0 Å². The molecule has 1 aliphatic carbocycles. The first-order valence-corrected chi connectivity index (χ1v) is 8.48. The first kappa shape index (κ1) is 14.9. The molecule has 2 atom stereocenters. The van der Waals surface area contributed by atoms with Gasteiger partial charge >= 0.3 is 0 Å². The Morgan fingerprint density at radius 1 is 1.47 bits per heavy atom. The highest BCUT2D eigenvalue weighted by Crippen LogP contribution is 2.32. The molecule has 1 aromatic carbocycles. The summed E-state index contributed by atoms with van der Waals surface area (Å²) in [5, 5.41) is 12.6. The maximum Gasteiger partial charge on any atom is 0.0434 e. The quantitative estimate of drug-likeness (QED) is 0.783. The molecule has 1 aromatic rings. The van der Waals surface area contributed by atoms with Crippen LogP contribution in [0.2, 0.25) is 0 Å². The minimum absolute atomic E-state index is 0.293. The summed E-state index contributed by atoms with van der Waals surface area (Å²) in [5.41, 5.74) is 3.01. The summed E-state index contributed by atoms with van der Waals surface area (Å²) in [6.45, 7) is 3.49. The molecule has 0 amide bonds. The molecule has 0 saturated heterocycles. The number of aliphatic hydroxyl groups excluding tert-OH is 1. The third kappa shape index (κ3) is 3.98. The monoisotopic (exact) mass is 279 g/mol. The smallest absolute Gasteiger partial charge is 0.0434 e. The van der Waals surface area contributed by atoms with Crippen molar-refractivity contribution >= 4 is 11.8 Å². The van der Waals surface area contributed by atoms with E-state index in [1.807, 2.05) is 11.8 Å². The molecule has 3 heteroatoms. The normalized spacial score (nSPS) is 20.1. The molecule has 2 rings (SSSR count). The van der Waals surface area contributed by atoms with Crippen molar-refractivity contribution in [3.8, 4) is 0 Å². The maximum atomic E-state index is 8.96. The fraction of sp³-hybridized carbons (Fsp3) is 0.625. The van der Waals surface area contributed by atoms with Gasteiger partial charge in [-0.25, -0.2) is 0 Å². The Labute approximate surface area is 121 Å². The summed E-state index contributed by atoms with van der Waals surface area (Å²) >= 11 is 1.82. The summed E-state index contributed by atoms with van der Waals surface area (Å²) in [6.07, 6.45) is 6.75. The van der Waals surface area contributed by atoms with Crippen molar-refractivity contribution in [3.05, 3.63) is 29.3 Å². The van der Waals surface area contributed by atoms with Crippen LogP contribution in [0.4, 0.5) is 0 Å². The molecule has 0 aliphatic heterocycles. The van der Waals surface area contributed by atoms with Gasteiger partial charge in [-0.1, -0.05) is 13.0 Å². The largest absolute Gasteiger partial charge is 0.396 e. The van der Waals surface area contributed by atoms with E-state index in [-0.39, 0.29) is 0 Å². The second kappa shape index (κ2) is 7.32. The van der Waals surface area contributed by atoms with E-state index < -0.39 is 0 Å². The second-order valence-corrected chi connectivity index (χ2v) is 6.41. The molecule has 0 radical (unpaired) electrons. The molecular formula is C16H25NOS. The topological polar surface area (TPSA) is 32.3 Å². The average Bonchev–Trinajstić information content (AvgIpc) is 2.44. The zero-order valence-electron chi connectivity index (χ0n) is 12.0. The van der Waals surface area contributed by atoms with Crippen LogP contribution in [0.15, 0.2) is 23.1 Å². The van der Waals surface area contributed by atoms with Gasteiger partial charge in [-0.2, -0.15) is 0 Å². The van der Waals surface area contributed by atoms with E-state index in [1.54, 1.807) is 0 Å². The lowest BCUT2D eigenvalue weighted by atomic mass is 9.87. The molecular weight excluding hydrogens is 254 g/mol. The number of nitrogens with one attached hydrogen (secondary N) is 1. The van der Waals surface area contributed by atoms with Crippen molar-refractivity contribution in [2.75, 3.05) is 19.4 Å². The highest BCUT2D eigenvalue weighted by Gasteiger charge is 2.20. The van der Waals surface area contributed by atoms with Gasteiger partial charge in [0.2, 0.25) is 0 Å². The van der Waals surface area contributed by atoms with Gasteiger partial charge in [-0.15, -0.1) is 11.8 Å². The molecule has 106 valence electrons. The number of aliphatic hydroxyl groups is 1. The van der Waals surface area contributed by atoms with E-state index in [2.05, 4.69) is 36.7 Å². The number of benzene rings is 1. The van der Waals surface area contributed by atoms with E-state index in [0.717, 1.165) is 13.0 Å². The lowest BCUT2D eigenvalue weighted by Gasteiger charge is -2.28. The lowest BCUT2D eigenvalue weighted by molar-refractivity contribution is 0.256. The minimum Gasteiger partial charge on any atom is -0.396 e. The van der Waals surface area contributed by atoms with Crippen molar-refractivity contribution in [3.63, 3.8) is 0 Å². The van der Waals surface area contributed by atoms with Gasteiger partial charge in [-0.3, -0.25) is 0 Å². The molecule has 0 saturated carbocycles. The predicted molar refractivity (Wildman–Crippen MR) is 82.8 cm³/mol. The zero-order valence-corrected chi connectivity index (χ0v) is 12.8. The van der Waals surface area contributed by atoms with Crippen molar-refractivity contribution in [1.82, 2.24) is 5.32 Å². The van der Waals surface area contributed by atoms with Gasteiger partial charge in [0.1, 0.15) is 0 Å². The molecule has 0 heterocycles. The van der Waals surface area contributed by atoms with Crippen LogP contribution in [0.1, 0.15) is 43.4 Å². The molecule has 0 aromatic heterocycles. The summed E-state index contributed by atoms with van der Waals surface area (Å²) < 4.78 is 0. The Balaban J connectivity index is 2.01. The number of hydrogen-bond donors (Lipinski definition) is 2. The SMILES string of the molecule is CSc1ccc2c(c1)CCCC2NCC(C)CCO. The summed E-state index contributed by atoms with van der Waals surface area (Å²) in [5.74, 6) is 0.542. The third-order valence-corrected chi connectivity index (χ3v) is 4.72. The fourth-order valence-corrected chi connectivity index (χ4v) is 3.26. The van der Waals surface area contributed by atoms with Gasteiger partial charge in [0, 0.05) is 17.5 Å². The Kier molecular flexibility index (Phi) is 5.74. The Morgan fingerprint density at radius 2 is 2.32 bits per heavy atom. The van der Waals surface area contributed by atoms with Crippen LogP contribution < -0.4 is 5.32 Å². The van der Waals surface area contributed by atoms with Gasteiger partial charge in [0.25, 0.3) is 0 Å². The van der Waals surface area contributed by atoms with E-state index in [4.69, 9.17) is 5.11 Å². The van der Waals surface area contributed by atoms with Crippen molar-refractivity contribution in [1.29, 1.82) is 0 Å². The number of thioether (sulfide) groups is 1. The Morgan fingerprint density at radius 3 is 3.05 bits per heavy atom. The predicted octanol–water partition coefficient (Wildman–Crippen LogP) is 3.39. The standard InChI is InChI=1S/C16H25NOS/c1-12(8-9-18)11-17-16-5-3-4-13-10-14(19-2)6-7-15(13)16/h6-7,10,12,16-18H,3-5,8-9,11H2,1-2H3. The second-order valence-electron chi connectivity index (χ2n) is 5.54. The number of rotatable bonds is 6. The molecule has 1 aliphatic rings. The Bertz CT molecular complexity index is 408. The van der Waals surface area contributed by atoms with Crippen LogP contribution in [-0.4, -0.2) is 24.5 Å². The average molecular weight is 279 g/mol. The molecule has 2 N–H and O–H groups in total. The molecule has 2 nitrogen and oxygen atoms in total. The molecule has 0 bridgehead atoms. The van der Waals surface area contributed by atoms with E-state index in [0.29, 0.717) is 18.6 Å². The lowest BCUT2D eigenvalue weighted by Crippen LogP contribution is -2.29. The zero-order chi connectivity index (χ0) is 13.7. The highest BCUT2D eigenvalue weighted by molar-refractivity contribution is 7.98. The van der Waals surface area contributed by atoms with Crippen molar-refractivity contribution in [2.45, 2.75) is 43.5 Å². The van der Waals surface area contributed by atoms with Crippen LogP contribution in [0.3, 0.4) is 0 Å². The molecule has 0 spiro atoms. The van der Waals surface area contributed by atoms with E-state index in [9.17, 15) is 0 Å². The summed E-state index contributed by atoms with van der Waals surface area (Å²) in [7, 11) is 0. The van der Waals surface area contributed by atoms with Crippen LogP contribution in [-0.2, 0) is 6.42 Å². The molecule has 19 heavy (non-hydrogen) atoms. The fourth-order valence-electron chi connectivity index (χ4n) is 2.80. The summed E-state index contributed by atoms with van der Waals surface area (Å²) in [4.78, 5) is 1.37. The molecule has 0 fully saturated rings. The number of fused-ring (bicyclic) bond motifs is 1. The van der Waals surface area contributed by atoms with Gasteiger partial charge < -0.3 is 10.4 Å². The third-order valence-electron chi connectivity index (χ3n) is 4.00. The van der Waals surface area contributed by atoms with Crippen LogP contribution in [0, 0.1) is 5.92 Å². The van der Waals surface area contributed by atoms with Crippen molar-refractivity contribution < 1.29 is 5.11 Å². The van der Waals surface area contributed by atoms with E-state index in [1.165, 1.54) is 35.3 Å². The summed E-state index contributed by atoms with van der Waals surface area (Å²) in [6, 6.07) is 7.39. The minimum atomic E-state index is 0.293. The van der Waals surface area contributed by atoms with Gasteiger partial charge in [-0.05, 0) is 67.7 Å². The highest BCUT2D eigenvalue weighted by atomic mass is 32.2. The van der Waals surface area contributed by atoms with Gasteiger partial charge in [0.15, 0.2) is 0 Å². The first-order valence-electron chi connectivity index (χ1n) is 7.25. The van der Waals surface area contributed by atoms with E-state index >= 15 is 0 Å². The number of hydrogen-bond acceptors (Lipinski definition) is 3. The molecule has 2 unspecified atom stereocenters. The van der Waals surface area contributed by atoms with Crippen LogP contribution in [0.5, 0.6) is 0 Å². The van der Waals surface area contributed by atoms with Crippen molar-refractivity contribution in [2.24, 2.45) is 5.92 Å². The maximum absolute atomic E-state index is 8.96. The number of aryl methyl sites for hydroxylation is 1. The van der Waals surface area contributed by atoms with Crippen LogP contribution in [0.25, 0.3) is 0 Å². The van der Waals surface area contributed by atoms with Crippen LogP contribution >= 0.6 is 11.8 Å². The Hall–Kier alpha value is -0.510.